The van der Waals surface area contributed by atoms with Crippen LogP contribution in [0.4, 0.5) is 0 Å². The minimum Gasteiger partial charge on any atom is -0.0587 e. The summed E-state index contributed by atoms with van der Waals surface area (Å²) in [5, 5.41) is 0. The molecule has 0 heterocycles. The summed E-state index contributed by atoms with van der Waals surface area (Å²) in [6.07, 6.45) is 1.12. The molecule has 0 atom stereocenters. The van der Waals surface area contributed by atoms with Gasteiger partial charge in [0, 0.05) is 0 Å². The Morgan fingerprint density at radius 3 is 1.48 bits per heavy atom. The highest BCUT2D eigenvalue weighted by molar-refractivity contribution is 5.86. The lowest BCUT2D eigenvalue weighted by atomic mass is 9.83. The van der Waals surface area contributed by atoms with Crippen LogP contribution in [0.25, 0.3) is 11.1 Å². The summed E-state index contributed by atoms with van der Waals surface area (Å²) < 4.78 is 0. The van der Waals surface area contributed by atoms with Gasteiger partial charge in [-0.2, -0.15) is 0 Å². The average Bonchev–Trinajstić information content (AvgIpc) is 2.88. The Labute approximate surface area is 141 Å². The predicted octanol–water partition coefficient (Wildman–Crippen LogP) is 6.54. The molecule has 1 aliphatic carbocycles. The van der Waals surface area contributed by atoms with E-state index < -0.39 is 0 Å². The predicted molar refractivity (Wildman–Crippen MR) is 102 cm³/mol. The van der Waals surface area contributed by atoms with Crippen LogP contribution >= 0.6 is 0 Å². The van der Waals surface area contributed by atoms with Crippen molar-refractivity contribution in [1.29, 1.82) is 0 Å². The molecule has 0 nitrogen and oxygen atoms in total. The van der Waals surface area contributed by atoms with Crippen LogP contribution in [0.1, 0.15) is 75.4 Å². The van der Waals surface area contributed by atoms with E-state index in [1.54, 1.807) is 27.8 Å². The van der Waals surface area contributed by atoms with Gasteiger partial charge in [0.2, 0.25) is 0 Å². The van der Waals surface area contributed by atoms with Gasteiger partial charge in [-0.05, 0) is 128 Å². The van der Waals surface area contributed by atoms with E-state index in [0.29, 0.717) is 5.92 Å². The van der Waals surface area contributed by atoms with Crippen LogP contribution in [-0.2, 0) is 6.42 Å². The summed E-state index contributed by atoms with van der Waals surface area (Å²) in [6, 6.07) is 0. The molecule has 0 aliphatic heterocycles. The van der Waals surface area contributed by atoms with E-state index in [-0.39, 0.29) is 0 Å². The summed E-state index contributed by atoms with van der Waals surface area (Å²) in [5.41, 5.74) is 18.3. The van der Waals surface area contributed by atoms with E-state index >= 15 is 0 Å². The second-order valence-electron chi connectivity index (χ2n) is 7.83. The van der Waals surface area contributed by atoms with Gasteiger partial charge in [-0.1, -0.05) is 13.8 Å². The van der Waals surface area contributed by atoms with Crippen molar-refractivity contribution in [2.24, 2.45) is 0 Å². The highest BCUT2D eigenvalue weighted by atomic mass is 14.3. The molecule has 0 spiro atoms. The smallest absolute Gasteiger partial charge is 0.000757 e. The lowest BCUT2D eigenvalue weighted by Crippen LogP contribution is -2.04. The van der Waals surface area contributed by atoms with Gasteiger partial charge in [0.1, 0.15) is 0 Å². The average molecular weight is 306 g/mol. The van der Waals surface area contributed by atoms with Crippen LogP contribution < -0.4 is 0 Å². The third-order valence-corrected chi connectivity index (χ3v) is 6.53. The quantitative estimate of drug-likeness (QED) is 0.479. The van der Waals surface area contributed by atoms with E-state index in [4.69, 9.17) is 0 Å². The van der Waals surface area contributed by atoms with Crippen molar-refractivity contribution in [1.82, 2.24) is 0 Å². The van der Waals surface area contributed by atoms with Crippen LogP contribution in [0.2, 0.25) is 0 Å². The van der Waals surface area contributed by atoms with Crippen LogP contribution in [0.3, 0.4) is 0 Å². The number of hydrogen-bond donors (Lipinski definition) is 0. The molecule has 0 fully saturated rings. The van der Waals surface area contributed by atoms with E-state index in [1.165, 1.54) is 38.9 Å². The summed E-state index contributed by atoms with van der Waals surface area (Å²) in [6.45, 7) is 20.8. The van der Waals surface area contributed by atoms with E-state index in [1.807, 2.05) is 0 Å². The molecular weight excluding hydrogens is 276 g/mol. The maximum Gasteiger partial charge on any atom is -0.000757 e. The number of benzene rings is 2. The maximum atomic E-state index is 2.34. The van der Waals surface area contributed by atoms with Gasteiger partial charge in [0.25, 0.3) is 0 Å². The van der Waals surface area contributed by atoms with Crippen molar-refractivity contribution >= 4 is 0 Å². The van der Waals surface area contributed by atoms with Crippen LogP contribution in [0.15, 0.2) is 0 Å². The molecule has 0 amide bonds. The van der Waals surface area contributed by atoms with Crippen molar-refractivity contribution in [2.45, 2.75) is 74.7 Å². The Morgan fingerprint density at radius 2 is 0.957 bits per heavy atom. The molecule has 0 unspecified atom stereocenters. The van der Waals surface area contributed by atoms with Crippen molar-refractivity contribution in [3.8, 4) is 11.1 Å². The first-order chi connectivity index (χ1) is 10.7. The topological polar surface area (TPSA) is 0 Å². The van der Waals surface area contributed by atoms with Gasteiger partial charge >= 0.3 is 0 Å². The molecule has 0 saturated carbocycles. The van der Waals surface area contributed by atoms with E-state index in [0.717, 1.165) is 6.42 Å². The van der Waals surface area contributed by atoms with Crippen LogP contribution in [0, 0.1) is 48.5 Å². The summed E-state index contributed by atoms with van der Waals surface area (Å²) >= 11 is 0. The largest absolute Gasteiger partial charge is 0.0587 e. The Morgan fingerprint density at radius 1 is 0.522 bits per heavy atom. The zero-order chi connectivity index (χ0) is 17.2. The van der Waals surface area contributed by atoms with Crippen molar-refractivity contribution < 1.29 is 0 Å². The molecule has 122 valence electrons. The monoisotopic (exact) mass is 306 g/mol. The SMILES string of the molecule is Cc1c(C)c(C)c2c(c1C)Cc1c-2c(C)c(C)c(C)c1C(C)C. The lowest BCUT2D eigenvalue weighted by molar-refractivity contribution is 0.837. The number of fused-ring (bicyclic) bond motifs is 3. The third-order valence-electron chi connectivity index (χ3n) is 6.53. The molecule has 0 heteroatoms. The second-order valence-corrected chi connectivity index (χ2v) is 7.83. The maximum absolute atomic E-state index is 2.34. The Balaban J connectivity index is 2.49. The number of rotatable bonds is 1. The molecule has 2 aromatic rings. The second kappa shape index (κ2) is 5.23. The molecule has 0 saturated heterocycles. The van der Waals surface area contributed by atoms with Crippen molar-refractivity contribution in [3.05, 3.63) is 55.6 Å². The van der Waals surface area contributed by atoms with Gasteiger partial charge < -0.3 is 0 Å². The van der Waals surface area contributed by atoms with Crippen LogP contribution in [-0.4, -0.2) is 0 Å². The Bertz CT molecular complexity index is 833. The normalized spacial score (nSPS) is 12.8. The molecular formula is C23H30. The van der Waals surface area contributed by atoms with Gasteiger partial charge in [-0.25, -0.2) is 0 Å². The van der Waals surface area contributed by atoms with Gasteiger partial charge in [-0.15, -0.1) is 0 Å². The first-order valence-corrected chi connectivity index (χ1v) is 8.90. The first kappa shape index (κ1) is 16.3. The highest BCUT2D eigenvalue weighted by Gasteiger charge is 2.30. The molecule has 1 aliphatic rings. The van der Waals surface area contributed by atoms with Crippen molar-refractivity contribution in [3.63, 3.8) is 0 Å². The minimum atomic E-state index is 0.583. The van der Waals surface area contributed by atoms with Crippen LogP contribution in [0.5, 0.6) is 0 Å². The molecule has 2 aromatic carbocycles. The third kappa shape index (κ3) is 2.04. The zero-order valence-electron chi connectivity index (χ0n) is 16.3. The summed E-state index contributed by atoms with van der Waals surface area (Å²) in [7, 11) is 0. The fourth-order valence-electron chi connectivity index (χ4n) is 4.69. The fraction of sp³-hybridized carbons (Fsp3) is 0.478. The van der Waals surface area contributed by atoms with Gasteiger partial charge in [0.05, 0.1) is 0 Å². The summed E-state index contributed by atoms with van der Waals surface area (Å²) in [4.78, 5) is 0. The molecule has 0 aromatic heterocycles. The first-order valence-electron chi connectivity index (χ1n) is 8.90. The van der Waals surface area contributed by atoms with Crippen molar-refractivity contribution in [2.75, 3.05) is 0 Å². The van der Waals surface area contributed by atoms with E-state index in [2.05, 4.69) is 62.3 Å². The lowest BCUT2D eigenvalue weighted by Gasteiger charge is -2.22. The Kier molecular flexibility index (Phi) is 3.71. The Hall–Kier alpha value is -1.56. The summed E-state index contributed by atoms with van der Waals surface area (Å²) in [5.74, 6) is 0.583. The zero-order valence-corrected chi connectivity index (χ0v) is 16.3. The highest BCUT2D eigenvalue weighted by Crippen LogP contribution is 2.48. The molecule has 0 bridgehead atoms. The molecule has 23 heavy (non-hydrogen) atoms. The molecule has 0 N–H and O–H groups in total. The standard InChI is InChI=1S/C23H30/c1-11(2)21-16(7)14(5)18(9)23-20(21)10-19-15(6)12(3)13(4)17(8)22(19)23/h11H,10H2,1-9H3. The molecule has 3 rings (SSSR count). The van der Waals surface area contributed by atoms with E-state index in [9.17, 15) is 0 Å². The minimum absolute atomic E-state index is 0.583. The molecule has 0 radical (unpaired) electrons. The van der Waals surface area contributed by atoms with Gasteiger partial charge in [0.15, 0.2) is 0 Å². The fourth-order valence-corrected chi connectivity index (χ4v) is 4.69. The number of hydrogen-bond acceptors (Lipinski definition) is 0. The van der Waals surface area contributed by atoms with Gasteiger partial charge in [-0.3, -0.25) is 0 Å².